The van der Waals surface area contributed by atoms with Gasteiger partial charge in [-0.15, -0.1) is 0 Å². The minimum absolute atomic E-state index is 0.0675. The van der Waals surface area contributed by atoms with Crippen molar-refractivity contribution < 1.29 is 24.2 Å². The fourth-order valence-corrected chi connectivity index (χ4v) is 5.35. The SMILES string of the molecule is CCCCC/C=C\C/C=C\CCCCCCCC(=O)OC(CO)COC(=O)CCCCCCCCCCCCCCCCC. The normalized spacial score (nSPS) is 12.3. The van der Waals surface area contributed by atoms with Gasteiger partial charge in [0, 0.05) is 12.8 Å². The van der Waals surface area contributed by atoms with E-state index in [1.165, 1.54) is 116 Å². The molecule has 0 saturated heterocycles. The van der Waals surface area contributed by atoms with Crippen LogP contribution in [0, 0.1) is 0 Å². The molecule has 5 nitrogen and oxygen atoms in total. The summed E-state index contributed by atoms with van der Waals surface area (Å²) in [5.74, 6) is -0.601. The van der Waals surface area contributed by atoms with Gasteiger partial charge in [-0.3, -0.25) is 9.59 Å². The number of hydrogen-bond donors (Lipinski definition) is 1. The van der Waals surface area contributed by atoms with Gasteiger partial charge in [0.25, 0.3) is 0 Å². The minimum atomic E-state index is -0.773. The number of hydrogen-bond acceptors (Lipinski definition) is 5. The Morgan fingerprint density at radius 2 is 0.909 bits per heavy atom. The van der Waals surface area contributed by atoms with Gasteiger partial charge in [0.2, 0.25) is 0 Å². The molecule has 0 rings (SSSR count). The highest BCUT2D eigenvalue weighted by Crippen LogP contribution is 2.14. The van der Waals surface area contributed by atoms with Crippen molar-refractivity contribution in [1.82, 2.24) is 0 Å². The molecule has 0 fully saturated rings. The van der Waals surface area contributed by atoms with Crippen LogP contribution in [0.15, 0.2) is 24.3 Å². The number of allylic oxidation sites excluding steroid dienone is 4. The summed E-state index contributed by atoms with van der Waals surface area (Å²) in [7, 11) is 0. The Labute approximate surface area is 273 Å². The van der Waals surface area contributed by atoms with Gasteiger partial charge < -0.3 is 14.6 Å². The van der Waals surface area contributed by atoms with E-state index in [4.69, 9.17) is 9.47 Å². The minimum Gasteiger partial charge on any atom is -0.462 e. The second-order valence-corrected chi connectivity index (χ2v) is 12.7. The smallest absolute Gasteiger partial charge is 0.306 e. The van der Waals surface area contributed by atoms with Crippen molar-refractivity contribution in [3.8, 4) is 0 Å². The third-order valence-electron chi connectivity index (χ3n) is 8.25. The molecule has 1 N–H and O–H groups in total. The lowest BCUT2D eigenvalue weighted by molar-refractivity contribution is -0.161. The van der Waals surface area contributed by atoms with Crippen molar-refractivity contribution in [2.45, 2.75) is 200 Å². The Bertz CT molecular complexity index is 671. The second kappa shape index (κ2) is 35.9. The summed E-state index contributed by atoms with van der Waals surface area (Å²) >= 11 is 0. The van der Waals surface area contributed by atoms with E-state index in [1.54, 1.807) is 0 Å². The second-order valence-electron chi connectivity index (χ2n) is 12.7. The molecule has 0 aliphatic heterocycles. The van der Waals surface area contributed by atoms with Crippen LogP contribution in [0.5, 0.6) is 0 Å². The van der Waals surface area contributed by atoms with Crippen LogP contribution in [0.4, 0.5) is 0 Å². The highest BCUT2D eigenvalue weighted by Gasteiger charge is 2.16. The summed E-state index contributed by atoms with van der Waals surface area (Å²) in [6.45, 7) is 4.10. The molecule has 258 valence electrons. The molecule has 5 heteroatoms. The molecule has 0 saturated carbocycles. The molecule has 1 atom stereocenters. The molecule has 44 heavy (non-hydrogen) atoms. The third kappa shape index (κ3) is 33.3. The Hall–Kier alpha value is -1.62. The molecule has 0 aromatic rings. The largest absolute Gasteiger partial charge is 0.462 e. The zero-order valence-electron chi connectivity index (χ0n) is 29.2. The zero-order chi connectivity index (χ0) is 32.2. The van der Waals surface area contributed by atoms with Gasteiger partial charge >= 0.3 is 11.9 Å². The predicted molar refractivity (Wildman–Crippen MR) is 187 cm³/mol. The number of carbonyl (C=O) groups is 2. The third-order valence-corrected chi connectivity index (χ3v) is 8.25. The van der Waals surface area contributed by atoms with Gasteiger partial charge in [0.15, 0.2) is 6.10 Å². The van der Waals surface area contributed by atoms with Crippen molar-refractivity contribution in [3.63, 3.8) is 0 Å². The molecular weight excluding hydrogens is 548 g/mol. The molecule has 1 unspecified atom stereocenters. The van der Waals surface area contributed by atoms with E-state index in [1.807, 2.05) is 0 Å². The quantitative estimate of drug-likeness (QED) is 0.0440. The van der Waals surface area contributed by atoms with E-state index < -0.39 is 6.10 Å². The fraction of sp³-hybridized carbons (Fsp3) is 0.846. The van der Waals surface area contributed by atoms with Crippen LogP contribution in [-0.4, -0.2) is 36.4 Å². The molecular formula is C39H72O5. The van der Waals surface area contributed by atoms with Crippen LogP contribution in [0.2, 0.25) is 0 Å². The number of rotatable bonds is 34. The van der Waals surface area contributed by atoms with Crippen molar-refractivity contribution in [2.24, 2.45) is 0 Å². The maximum absolute atomic E-state index is 12.1. The van der Waals surface area contributed by atoms with Crippen molar-refractivity contribution >= 4 is 11.9 Å². The van der Waals surface area contributed by atoms with Crippen molar-refractivity contribution in [3.05, 3.63) is 24.3 Å². The van der Waals surface area contributed by atoms with Crippen LogP contribution >= 0.6 is 0 Å². The van der Waals surface area contributed by atoms with Crippen molar-refractivity contribution in [2.75, 3.05) is 13.2 Å². The van der Waals surface area contributed by atoms with Crippen molar-refractivity contribution in [1.29, 1.82) is 0 Å². The Morgan fingerprint density at radius 1 is 0.523 bits per heavy atom. The zero-order valence-corrected chi connectivity index (χ0v) is 29.2. The lowest BCUT2D eigenvalue weighted by atomic mass is 10.0. The Kier molecular flexibility index (Phi) is 34.5. The molecule has 0 spiro atoms. The van der Waals surface area contributed by atoms with E-state index in [9.17, 15) is 14.7 Å². The lowest BCUT2D eigenvalue weighted by Gasteiger charge is -2.15. The summed E-state index contributed by atoms with van der Waals surface area (Å²) in [5, 5.41) is 9.53. The number of ether oxygens (including phenoxy) is 2. The Morgan fingerprint density at radius 3 is 1.39 bits per heavy atom. The average molecular weight is 621 g/mol. The van der Waals surface area contributed by atoms with E-state index >= 15 is 0 Å². The molecule has 0 bridgehead atoms. The molecule has 0 aromatic carbocycles. The maximum Gasteiger partial charge on any atom is 0.306 e. The highest BCUT2D eigenvalue weighted by atomic mass is 16.6. The average Bonchev–Trinajstić information content (AvgIpc) is 3.02. The first kappa shape index (κ1) is 42.4. The van der Waals surface area contributed by atoms with E-state index in [-0.39, 0.29) is 25.2 Å². The van der Waals surface area contributed by atoms with E-state index in [0.717, 1.165) is 51.4 Å². The summed E-state index contributed by atoms with van der Waals surface area (Å²) in [4.78, 5) is 24.2. The summed E-state index contributed by atoms with van der Waals surface area (Å²) in [6, 6.07) is 0. The summed E-state index contributed by atoms with van der Waals surface area (Å²) in [6.07, 6.45) is 40.9. The van der Waals surface area contributed by atoms with Crippen LogP contribution in [0.1, 0.15) is 194 Å². The van der Waals surface area contributed by atoms with Gasteiger partial charge in [-0.05, 0) is 44.9 Å². The summed E-state index contributed by atoms with van der Waals surface area (Å²) in [5.41, 5.74) is 0. The number of aliphatic hydroxyl groups is 1. The lowest BCUT2D eigenvalue weighted by Crippen LogP contribution is -2.28. The topological polar surface area (TPSA) is 72.8 Å². The number of aliphatic hydroxyl groups excluding tert-OH is 1. The van der Waals surface area contributed by atoms with Crippen LogP contribution in [0.25, 0.3) is 0 Å². The van der Waals surface area contributed by atoms with E-state index in [2.05, 4.69) is 38.2 Å². The van der Waals surface area contributed by atoms with Crippen LogP contribution < -0.4 is 0 Å². The number of esters is 2. The van der Waals surface area contributed by atoms with Crippen LogP contribution in [-0.2, 0) is 19.1 Å². The molecule has 0 aliphatic rings. The predicted octanol–water partition coefficient (Wildman–Crippen LogP) is 11.5. The maximum atomic E-state index is 12.1. The van der Waals surface area contributed by atoms with Gasteiger partial charge in [0.05, 0.1) is 6.61 Å². The highest BCUT2D eigenvalue weighted by molar-refractivity contribution is 5.70. The van der Waals surface area contributed by atoms with Gasteiger partial charge in [-0.25, -0.2) is 0 Å². The fourth-order valence-electron chi connectivity index (χ4n) is 5.35. The standard InChI is InChI=1S/C39H72O5/c1-3-5-7-9-11-13-15-17-19-21-23-25-27-29-31-33-38(41)43-36-37(35-40)44-39(42)34-32-30-28-26-24-22-20-18-16-14-12-10-8-6-4-2/h12,14,18,20,37,40H,3-11,13,15-17,19,21-36H2,1-2H3/b14-12-,20-18-. The molecule has 0 heterocycles. The number of unbranched alkanes of at least 4 members (excludes halogenated alkanes) is 22. The number of carbonyl (C=O) groups excluding carboxylic acids is 2. The van der Waals surface area contributed by atoms with Crippen LogP contribution in [0.3, 0.4) is 0 Å². The first-order chi connectivity index (χ1) is 21.6. The van der Waals surface area contributed by atoms with Gasteiger partial charge in [-0.2, -0.15) is 0 Å². The van der Waals surface area contributed by atoms with E-state index in [0.29, 0.717) is 12.8 Å². The van der Waals surface area contributed by atoms with Gasteiger partial charge in [0.1, 0.15) is 6.61 Å². The monoisotopic (exact) mass is 621 g/mol. The Balaban J connectivity index is 3.56. The molecule has 0 radical (unpaired) electrons. The first-order valence-electron chi connectivity index (χ1n) is 18.9. The molecule has 0 aliphatic carbocycles. The first-order valence-corrected chi connectivity index (χ1v) is 18.9. The molecule has 0 aromatic heterocycles. The van der Waals surface area contributed by atoms with Gasteiger partial charge in [-0.1, -0.05) is 160 Å². The molecule has 0 amide bonds. The summed E-state index contributed by atoms with van der Waals surface area (Å²) < 4.78 is 10.6.